The molecule has 84 valence electrons. The second kappa shape index (κ2) is 5.32. The van der Waals surface area contributed by atoms with Gasteiger partial charge in [0.15, 0.2) is 0 Å². The first-order valence-electron chi connectivity index (χ1n) is 5.95. The molecule has 0 aliphatic carbocycles. The molecule has 0 aliphatic heterocycles. The van der Waals surface area contributed by atoms with Gasteiger partial charge in [0.1, 0.15) is 0 Å². The number of benzene rings is 1. The van der Waals surface area contributed by atoms with Crippen molar-refractivity contribution in [1.29, 1.82) is 0 Å². The third-order valence-electron chi connectivity index (χ3n) is 3.30. The van der Waals surface area contributed by atoms with E-state index in [1.54, 1.807) is 0 Å². The zero-order valence-electron chi connectivity index (χ0n) is 10.4. The van der Waals surface area contributed by atoms with Crippen molar-refractivity contribution in [2.24, 2.45) is 0 Å². The van der Waals surface area contributed by atoms with Gasteiger partial charge in [0.25, 0.3) is 0 Å². The molecule has 2 unspecified atom stereocenters. The van der Waals surface area contributed by atoms with Crippen molar-refractivity contribution in [1.82, 2.24) is 5.32 Å². The molecule has 0 bridgehead atoms. The van der Waals surface area contributed by atoms with Gasteiger partial charge in [-0.1, -0.05) is 44.2 Å². The van der Waals surface area contributed by atoms with Crippen LogP contribution in [-0.2, 0) is 5.54 Å². The van der Waals surface area contributed by atoms with Crippen molar-refractivity contribution in [3.05, 3.63) is 35.9 Å². The second-order valence-electron chi connectivity index (χ2n) is 4.51. The Hall–Kier alpha value is -0.820. The predicted molar refractivity (Wildman–Crippen MR) is 67.0 cm³/mol. The largest absolute Gasteiger partial charge is 0.305 e. The SMILES string of the molecule is CCC(C)NC(C)(CC)c1ccccc1. The van der Waals surface area contributed by atoms with Crippen LogP contribution in [0.25, 0.3) is 0 Å². The van der Waals surface area contributed by atoms with Crippen LogP contribution in [0.4, 0.5) is 0 Å². The van der Waals surface area contributed by atoms with Gasteiger partial charge in [-0.15, -0.1) is 0 Å². The highest BCUT2D eigenvalue weighted by Gasteiger charge is 2.24. The van der Waals surface area contributed by atoms with Gasteiger partial charge in [-0.25, -0.2) is 0 Å². The van der Waals surface area contributed by atoms with Gasteiger partial charge in [-0.3, -0.25) is 0 Å². The number of hydrogen-bond acceptors (Lipinski definition) is 1. The summed E-state index contributed by atoms with van der Waals surface area (Å²) >= 11 is 0. The van der Waals surface area contributed by atoms with Crippen molar-refractivity contribution in [3.8, 4) is 0 Å². The normalized spacial score (nSPS) is 17.1. The molecule has 0 aromatic heterocycles. The molecule has 0 amide bonds. The zero-order chi connectivity index (χ0) is 11.3. The summed E-state index contributed by atoms with van der Waals surface area (Å²) in [6, 6.07) is 11.3. The van der Waals surface area contributed by atoms with E-state index in [1.165, 1.54) is 12.0 Å². The molecule has 0 spiro atoms. The lowest BCUT2D eigenvalue weighted by atomic mass is 9.88. The van der Waals surface area contributed by atoms with Crippen molar-refractivity contribution in [3.63, 3.8) is 0 Å². The summed E-state index contributed by atoms with van der Waals surface area (Å²) in [6.45, 7) is 8.99. The third kappa shape index (κ3) is 3.07. The Kier molecular flexibility index (Phi) is 4.34. The van der Waals surface area contributed by atoms with E-state index in [0.717, 1.165) is 6.42 Å². The Morgan fingerprint density at radius 2 is 1.80 bits per heavy atom. The van der Waals surface area contributed by atoms with Gasteiger partial charge in [-0.05, 0) is 32.3 Å². The summed E-state index contributed by atoms with van der Waals surface area (Å²) in [5, 5.41) is 3.71. The highest BCUT2D eigenvalue weighted by molar-refractivity contribution is 5.23. The van der Waals surface area contributed by atoms with Gasteiger partial charge in [0, 0.05) is 11.6 Å². The first-order valence-corrected chi connectivity index (χ1v) is 5.95. The van der Waals surface area contributed by atoms with Crippen LogP contribution in [0.2, 0.25) is 0 Å². The Morgan fingerprint density at radius 3 is 2.27 bits per heavy atom. The minimum Gasteiger partial charge on any atom is -0.305 e. The van der Waals surface area contributed by atoms with E-state index in [0.29, 0.717) is 6.04 Å². The average Bonchev–Trinajstić information content (AvgIpc) is 2.30. The van der Waals surface area contributed by atoms with Crippen LogP contribution in [0.1, 0.15) is 46.1 Å². The van der Waals surface area contributed by atoms with E-state index < -0.39 is 0 Å². The van der Waals surface area contributed by atoms with E-state index in [4.69, 9.17) is 0 Å². The summed E-state index contributed by atoms with van der Waals surface area (Å²) in [5.41, 5.74) is 1.49. The molecule has 0 fully saturated rings. The lowest BCUT2D eigenvalue weighted by Crippen LogP contribution is -2.44. The zero-order valence-corrected chi connectivity index (χ0v) is 10.4. The maximum absolute atomic E-state index is 3.71. The van der Waals surface area contributed by atoms with Crippen LogP contribution in [0, 0.1) is 0 Å². The maximum Gasteiger partial charge on any atom is 0.0405 e. The van der Waals surface area contributed by atoms with Crippen LogP contribution in [0.3, 0.4) is 0 Å². The van der Waals surface area contributed by atoms with Crippen LogP contribution < -0.4 is 5.32 Å². The summed E-state index contributed by atoms with van der Waals surface area (Å²) in [7, 11) is 0. The molecule has 1 rings (SSSR count). The van der Waals surface area contributed by atoms with E-state index in [9.17, 15) is 0 Å². The smallest absolute Gasteiger partial charge is 0.0405 e. The molecule has 1 aromatic rings. The van der Waals surface area contributed by atoms with Gasteiger partial charge >= 0.3 is 0 Å². The molecule has 0 saturated carbocycles. The fraction of sp³-hybridized carbons (Fsp3) is 0.571. The minimum atomic E-state index is 0.108. The lowest BCUT2D eigenvalue weighted by Gasteiger charge is -2.33. The van der Waals surface area contributed by atoms with E-state index in [-0.39, 0.29) is 5.54 Å². The topological polar surface area (TPSA) is 12.0 Å². The summed E-state index contributed by atoms with van der Waals surface area (Å²) in [6.07, 6.45) is 2.28. The monoisotopic (exact) mass is 205 g/mol. The first kappa shape index (κ1) is 12.3. The molecular weight excluding hydrogens is 182 g/mol. The third-order valence-corrected chi connectivity index (χ3v) is 3.30. The van der Waals surface area contributed by atoms with Crippen LogP contribution in [0.15, 0.2) is 30.3 Å². The van der Waals surface area contributed by atoms with Crippen LogP contribution in [-0.4, -0.2) is 6.04 Å². The summed E-state index contributed by atoms with van der Waals surface area (Å²) in [5.74, 6) is 0. The Bertz CT molecular complexity index is 281. The number of hydrogen-bond donors (Lipinski definition) is 1. The van der Waals surface area contributed by atoms with Crippen molar-refractivity contribution in [2.75, 3.05) is 0 Å². The second-order valence-corrected chi connectivity index (χ2v) is 4.51. The Labute approximate surface area is 93.9 Å². The number of nitrogens with one attached hydrogen (secondary N) is 1. The minimum absolute atomic E-state index is 0.108. The van der Waals surface area contributed by atoms with Gasteiger partial charge < -0.3 is 5.32 Å². The molecule has 15 heavy (non-hydrogen) atoms. The highest BCUT2D eigenvalue weighted by Crippen LogP contribution is 2.24. The van der Waals surface area contributed by atoms with E-state index in [2.05, 4.69) is 63.3 Å². The van der Waals surface area contributed by atoms with Crippen LogP contribution in [0.5, 0.6) is 0 Å². The van der Waals surface area contributed by atoms with E-state index in [1.807, 2.05) is 0 Å². The summed E-state index contributed by atoms with van der Waals surface area (Å²) < 4.78 is 0. The first-order chi connectivity index (χ1) is 7.12. The van der Waals surface area contributed by atoms with Crippen molar-refractivity contribution >= 4 is 0 Å². The molecule has 0 heterocycles. The van der Waals surface area contributed by atoms with Crippen LogP contribution >= 0.6 is 0 Å². The molecule has 0 aliphatic rings. The molecule has 2 atom stereocenters. The van der Waals surface area contributed by atoms with Gasteiger partial charge in [0.2, 0.25) is 0 Å². The molecule has 1 nitrogen and oxygen atoms in total. The molecule has 0 saturated heterocycles. The molecular formula is C14H23N. The predicted octanol–water partition coefficient (Wildman–Crippen LogP) is 3.70. The summed E-state index contributed by atoms with van der Waals surface area (Å²) in [4.78, 5) is 0. The average molecular weight is 205 g/mol. The molecule has 1 heteroatoms. The van der Waals surface area contributed by atoms with Gasteiger partial charge in [-0.2, -0.15) is 0 Å². The fourth-order valence-corrected chi connectivity index (χ4v) is 1.84. The molecule has 1 aromatic carbocycles. The Balaban J connectivity index is 2.85. The highest BCUT2D eigenvalue weighted by atomic mass is 15.0. The van der Waals surface area contributed by atoms with Crippen molar-refractivity contribution in [2.45, 2.75) is 52.1 Å². The van der Waals surface area contributed by atoms with E-state index >= 15 is 0 Å². The van der Waals surface area contributed by atoms with Crippen molar-refractivity contribution < 1.29 is 0 Å². The number of rotatable bonds is 5. The van der Waals surface area contributed by atoms with Gasteiger partial charge in [0.05, 0.1) is 0 Å². The lowest BCUT2D eigenvalue weighted by molar-refractivity contribution is 0.309. The quantitative estimate of drug-likeness (QED) is 0.773. The fourth-order valence-electron chi connectivity index (χ4n) is 1.84. The molecule has 1 N–H and O–H groups in total. The standard InChI is InChI=1S/C14H23N/c1-5-12(3)15-14(4,6-2)13-10-8-7-9-11-13/h7-12,15H,5-6H2,1-4H3. The molecule has 0 radical (unpaired) electrons. The Morgan fingerprint density at radius 1 is 1.20 bits per heavy atom. The maximum atomic E-state index is 3.71.